The Labute approximate surface area is 179 Å². The quantitative estimate of drug-likeness (QED) is 0.623. The fourth-order valence-electron chi connectivity index (χ4n) is 2.92. The summed E-state index contributed by atoms with van der Waals surface area (Å²) in [4.78, 5) is 37.1. The Kier molecular flexibility index (Phi) is 6.73. The monoisotopic (exact) mass is 417 g/mol. The summed E-state index contributed by atoms with van der Waals surface area (Å²) in [7, 11) is 1.36. The first-order valence-electron chi connectivity index (χ1n) is 9.77. The number of anilines is 1. The van der Waals surface area contributed by atoms with Crippen molar-refractivity contribution >= 4 is 11.6 Å². The Morgan fingerprint density at radius 2 is 1.74 bits per heavy atom. The number of nitrogens with zero attached hydrogens (tertiary/aromatic N) is 2. The molecule has 0 radical (unpaired) electrons. The highest BCUT2D eigenvalue weighted by atomic mass is 16.3. The van der Waals surface area contributed by atoms with Crippen molar-refractivity contribution in [2.45, 2.75) is 26.3 Å². The average Bonchev–Trinajstić information content (AvgIpc) is 2.76. The molecule has 31 heavy (non-hydrogen) atoms. The van der Waals surface area contributed by atoms with Crippen LogP contribution in [0, 0.1) is 18.8 Å². The number of rotatable bonds is 5. The van der Waals surface area contributed by atoms with E-state index in [0.717, 1.165) is 15.7 Å². The van der Waals surface area contributed by atoms with Crippen molar-refractivity contribution in [2.24, 2.45) is 7.05 Å². The summed E-state index contributed by atoms with van der Waals surface area (Å²) in [6.07, 6.45) is 2.08. The Morgan fingerprint density at radius 3 is 2.42 bits per heavy atom. The number of carbonyl (C=O) groups is 1. The van der Waals surface area contributed by atoms with Gasteiger partial charge in [0.15, 0.2) is 0 Å². The van der Waals surface area contributed by atoms with Crippen LogP contribution in [0.1, 0.15) is 23.1 Å². The van der Waals surface area contributed by atoms with Gasteiger partial charge in [0.1, 0.15) is 11.4 Å². The lowest BCUT2D eigenvalue weighted by Crippen LogP contribution is -2.39. The first-order valence-corrected chi connectivity index (χ1v) is 9.77. The molecule has 0 aliphatic carbocycles. The van der Waals surface area contributed by atoms with Gasteiger partial charge in [-0.3, -0.25) is 18.7 Å². The number of aryl methyl sites for hydroxylation is 2. The average molecular weight is 417 g/mol. The number of carbonyl (C=O) groups excluding carboxylic acids is 1. The first-order chi connectivity index (χ1) is 14.8. The van der Waals surface area contributed by atoms with E-state index in [2.05, 4.69) is 17.2 Å². The van der Waals surface area contributed by atoms with E-state index in [0.29, 0.717) is 12.0 Å². The molecule has 0 aliphatic heterocycles. The lowest BCUT2D eigenvalue weighted by Gasteiger charge is -2.10. The van der Waals surface area contributed by atoms with Gasteiger partial charge < -0.3 is 10.4 Å². The predicted octanol–water partition coefficient (Wildman–Crippen LogP) is 2.18. The minimum Gasteiger partial charge on any atom is -0.508 e. The standard InChI is InChI=1S/C24H23N3O4/c1-17-5-7-19(8-6-17)11-14-22(29)25-21-16-27(24(31)26(2)23(21)30)15-3-4-18-9-12-20(28)13-10-18/h5-10,12-13,16,28H,11,14-15H2,1-2H3,(H,25,29). The van der Waals surface area contributed by atoms with Gasteiger partial charge in [-0.1, -0.05) is 41.7 Å². The molecule has 0 spiro atoms. The summed E-state index contributed by atoms with van der Waals surface area (Å²) in [6, 6.07) is 14.3. The fraction of sp³-hybridized carbons (Fsp3) is 0.208. The zero-order valence-electron chi connectivity index (χ0n) is 17.4. The second-order valence-corrected chi connectivity index (χ2v) is 7.20. The van der Waals surface area contributed by atoms with Gasteiger partial charge in [0.25, 0.3) is 5.56 Å². The Hall–Kier alpha value is -4.05. The SMILES string of the molecule is Cc1ccc(CCC(=O)Nc2cn(CC#Cc3ccc(O)cc3)c(=O)n(C)c2=O)cc1. The highest BCUT2D eigenvalue weighted by Crippen LogP contribution is 2.09. The summed E-state index contributed by atoms with van der Waals surface area (Å²) < 4.78 is 2.21. The maximum absolute atomic E-state index is 12.4. The van der Waals surface area contributed by atoms with Crippen molar-refractivity contribution in [3.8, 4) is 17.6 Å². The van der Waals surface area contributed by atoms with Crippen LogP contribution >= 0.6 is 0 Å². The zero-order valence-corrected chi connectivity index (χ0v) is 17.4. The van der Waals surface area contributed by atoms with Crippen LogP contribution in [0.2, 0.25) is 0 Å². The Bertz CT molecular complexity index is 1260. The smallest absolute Gasteiger partial charge is 0.331 e. The van der Waals surface area contributed by atoms with Crippen molar-refractivity contribution in [1.82, 2.24) is 9.13 Å². The molecule has 2 N–H and O–H groups in total. The minimum absolute atomic E-state index is 0.0300. The first kappa shape index (κ1) is 21.7. The topological polar surface area (TPSA) is 93.3 Å². The van der Waals surface area contributed by atoms with E-state index in [9.17, 15) is 19.5 Å². The summed E-state index contributed by atoms with van der Waals surface area (Å²) in [6.45, 7) is 2.04. The van der Waals surface area contributed by atoms with Crippen LogP contribution in [0.15, 0.2) is 64.3 Å². The van der Waals surface area contributed by atoms with Gasteiger partial charge in [-0.2, -0.15) is 0 Å². The fourth-order valence-corrected chi connectivity index (χ4v) is 2.92. The van der Waals surface area contributed by atoms with Crippen LogP contribution in [0.25, 0.3) is 0 Å². The molecule has 7 heteroatoms. The molecule has 3 aromatic rings. The highest BCUT2D eigenvalue weighted by molar-refractivity contribution is 5.90. The van der Waals surface area contributed by atoms with Gasteiger partial charge in [0, 0.05) is 25.2 Å². The van der Waals surface area contributed by atoms with Gasteiger partial charge in [0.05, 0.1) is 6.54 Å². The number of amides is 1. The number of aromatic hydroxyl groups is 1. The molecular formula is C24H23N3O4. The molecule has 0 aliphatic rings. The van der Waals surface area contributed by atoms with E-state index in [1.54, 1.807) is 12.1 Å². The van der Waals surface area contributed by atoms with Gasteiger partial charge >= 0.3 is 5.69 Å². The number of aromatic nitrogens is 2. The van der Waals surface area contributed by atoms with Crippen molar-refractivity contribution in [2.75, 3.05) is 5.32 Å². The second kappa shape index (κ2) is 9.63. The number of phenols is 1. The third-order valence-corrected chi connectivity index (χ3v) is 4.74. The third kappa shape index (κ3) is 5.73. The second-order valence-electron chi connectivity index (χ2n) is 7.20. The summed E-state index contributed by atoms with van der Waals surface area (Å²) in [5.74, 6) is 5.58. The van der Waals surface area contributed by atoms with Crippen LogP contribution in [-0.4, -0.2) is 20.1 Å². The number of benzene rings is 2. The minimum atomic E-state index is -0.573. The molecule has 0 atom stereocenters. The van der Waals surface area contributed by atoms with Crippen LogP contribution < -0.4 is 16.6 Å². The molecule has 3 rings (SSSR count). The molecular weight excluding hydrogens is 394 g/mol. The maximum Gasteiger partial charge on any atom is 0.331 e. The van der Waals surface area contributed by atoms with Crippen molar-refractivity contribution in [3.63, 3.8) is 0 Å². The van der Waals surface area contributed by atoms with Gasteiger partial charge in [-0.25, -0.2) is 4.79 Å². The van der Waals surface area contributed by atoms with E-state index in [1.807, 2.05) is 31.2 Å². The van der Waals surface area contributed by atoms with E-state index >= 15 is 0 Å². The van der Waals surface area contributed by atoms with Crippen molar-refractivity contribution in [1.29, 1.82) is 0 Å². The molecule has 1 aromatic heterocycles. The largest absolute Gasteiger partial charge is 0.508 e. The van der Waals surface area contributed by atoms with E-state index in [1.165, 1.54) is 29.9 Å². The zero-order chi connectivity index (χ0) is 22.4. The molecule has 2 aromatic carbocycles. The van der Waals surface area contributed by atoms with E-state index in [4.69, 9.17) is 0 Å². The highest BCUT2D eigenvalue weighted by Gasteiger charge is 2.11. The van der Waals surface area contributed by atoms with E-state index < -0.39 is 11.2 Å². The predicted molar refractivity (Wildman–Crippen MR) is 119 cm³/mol. The molecule has 0 bridgehead atoms. The van der Waals surface area contributed by atoms with Gasteiger partial charge in [-0.15, -0.1) is 0 Å². The number of nitrogens with one attached hydrogen (secondary N) is 1. The van der Waals surface area contributed by atoms with Crippen LogP contribution in [0.5, 0.6) is 5.75 Å². The summed E-state index contributed by atoms with van der Waals surface area (Å²) >= 11 is 0. The maximum atomic E-state index is 12.4. The van der Waals surface area contributed by atoms with Crippen molar-refractivity contribution in [3.05, 3.63) is 92.3 Å². The molecule has 7 nitrogen and oxygen atoms in total. The summed E-state index contributed by atoms with van der Waals surface area (Å²) in [5, 5.41) is 11.9. The molecule has 0 unspecified atom stereocenters. The van der Waals surface area contributed by atoms with Gasteiger partial charge in [0.2, 0.25) is 5.91 Å². The van der Waals surface area contributed by atoms with Crippen LogP contribution in [-0.2, 0) is 24.8 Å². The molecule has 158 valence electrons. The van der Waals surface area contributed by atoms with Crippen LogP contribution in [0.3, 0.4) is 0 Å². The normalized spacial score (nSPS) is 10.3. The Morgan fingerprint density at radius 1 is 1.06 bits per heavy atom. The summed E-state index contributed by atoms with van der Waals surface area (Å²) in [5.41, 5.74) is 1.79. The van der Waals surface area contributed by atoms with Crippen LogP contribution in [0.4, 0.5) is 5.69 Å². The number of hydrogen-bond donors (Lipinski definition) is 2. The Balaban J connectivity index is 1.72. The third-order valence-electron chi connectivity index (χ3n) is 4.74. The molecule has 1 amide bonds. The molecule has 1 heterocycles. The van der Waals surface area contributed by atoms with Gasteiger partial charge in [-0.05, 0) is 43.2 Å². The number of hydrogen-bond acceptors (Lipinski definition) is 4. The van der Waals surface area contributed by atoms with Crippen molar-refractivity contribution < 1.29 is 9.90 Å². The molecule has 0 saturated heterocycles. The lowest BCUT2D eigenvalue weighted by molar-refractivity contribution is -0.116. The van der Waals surface area contributed by atoms with E-state index in [-0.39, 0.29) is 30.3 Å². The molecule has 0 fully saturated rings. The molecule has 0 saturated carbocycles. The number of phenolic OH excluding ortho intramolecular Hbond substituents is 1. The lowest BCUT2D eigenvalue weighted by atomic mass is 10.1.